The van der Waals surface area contributed by atoms with Crippen molar-refractivity contribution >= 4 is 54.8 Å². The molecule has 3 heterocycles. The zero-order valence-corrected chi connectivity index (χ0v) is 26.0. The van der Waals surface area contributed by atoms with Crippen molar-refractivity contribution in [1.82, 2.24) is 10.0 Å². The van der Waals surface area contributed by atoms with E-state index in [4.69, 9.17) is 18.4 Å². The minimum absolute atomic E-state index is 0.0578. The Balaban J connectivity index is 1.31. The van der Waals surface area contributed by atoms with Crippen LogP contribution in [0.1, 0.15) is 51.4 Å². The quantitative estimate of drug-likeness (QED) is 0.0919. The molecule has 1 aromatic carbocycles. The average Bonchev–Trinajstić information content (AvgIpc) is 3.53. The van der Waals surface area contributed by atoms with Crippen LogP contribution in [-0.2, 0) is 46.0 Å². The van der Waals surface area contributed by atoms with E-state index in [0.29, 0.717) is 40.7 Å². The molecule has 0 aliphatic carbocycles. The molecule has 2 amide bonds. The van der Waals surface area contributed by atoms with Gasteiger partial charge < -0.3 is 14.2 Å². The van der Waals surface area contributed by atoms with E-state index in [0.717, 1.165) is 18.4 Å². The molecule has 0 spiro atoms. The monoisotopic (exact) mass is 667 g/mol. The Labute approximate surface area is 260 Å². The molecular formula is C28H35N4O11S2+. The molecule has 2 aromatic heterocycles. The third-order valence-electron chi connectivity index (χ3n) is 7.03. The van der Waals surface area contributed by atoms with Crippen molar-refractivity contribution < 1.29 is 54.1 Å². The highest BCUT2D eigenvalue weighted by Crippen LogP contribution is 2.28. The minimum atomic E-state index is -4.16. The second-order valence-electron chi connectivity index (χ2n) is 10.6. The lowest BCUT2D eigenvalue weighted by Gasteiger charge is -2.24. The van der Waals surface area contributed by atoms with Crippen LogP contribution in [0.2, 0.25) is 0 Å². The summed E-state index contributed by atoms with van der Waals surface area (Å²) < 4.78 is 70.7. The van der Waals surface area contributed by atoms with Gasteiger partial charge in [-0.1, -0.05) is 0 Å². The van der Waals surface area contributed by atoms with Crippen LogP contribution < -0.4 is 9.47 Å². The number of hydrogen-bond acceptors (Lipinski definition) is 11. The molecule has 0 radical (unpaired) electrons. The van der Waals surface area contributed by atoms with Crippen LogP contribution in [0.3, 0.4) is 0 Å². The van der Waals surface area contributed by atoms with Crippen LogP contribution in [0.15, 0.2) is 47.1 Å². The van der Waals surface area contributed by atoms with Gasteiger partial charge in [-0.25, -0.2) is 14.3 Å². The summed E-state index contributed by atoms with van der Waals surface area (Å²) in [7, 11) is -8.32. The van der Waals surface area contributed by atoms with E-state index in [1.54, 1.807) is 23.1 Å². The SMILES string of the molecule is O=C(CCCCC[n+]1ccc(-c2nc3ccc(N(CCCS(=O)(=O)O)CCCS(=O)(=O)O)cc3o2)cc1)ON1C(=O)CCC1=O. The van der Waals surface area contributed by atoms with Gasteiger partial charge in [-0.15, -0.1) is 5.06 Å². The predicted molar refractivity (Wildman–Crippen MR) is 160 cm³/mol. The fourth-order valence-corrected chi connectivity index (χ4v) is 5.76. The summed E-state index contributed by atoms with van der Waals surface area (Å²) in [6.45, 7) is 1.11. The van der Waals surface area contributed by atoms with Crippen molar-refractivity contribution in [3.8, 4) is 11.5 Å². The normalized spacial score (nSPS) is 14.0. The molecule has 1 aliphatic heterocycles. The van der Waals surface area contributed by atoms with E-state index in [-0.39, 0.29) is 45.2 Å². The van der Waals surface area contributed by atoms with Crippen molar-refractivity contribution in [2.24, 2.45) is 0 Å². The van der Waals surface area contributed by atoms with Gasteiger partial charge in [-0.2, -0.15) is 16.8 Å². The number of benzene rings is 1. The number of unbranched alkanes of at least 4 members (excludes halogenated alkanes) is 2. The van der Waals surface area contributed by atoms with E-state index >= 15 is 0 Å². The van der Waals surface area contributed by atoms with Gasteiger partial charge >= 0.3 is 5.97 Å². The molecule has 4 rings (SSSR count). The van der Waals surface area contributed by atoms with Crippen molar-refractivity contribution in [3.63, 3.8) is 0 Å². The number of oxazole rings is 1. The van der Waals surface area contributed by atoms with Gasteiger partial charge in [0.2, 0.25) is 5.89 Å². The Kier molecular flexibility index (Phi) is 11.2. The van der Waals surface area contributed by atoms with Crippen LogP contribution >= 0.6 is 0 Å². The van der Waals surface area contributed by atoms with Crippen molar-refractivity contribution in [2.75, 3.05) is 29.5 Å². The molecule has 0 bridgehead atoms. The van der Waals surface area contributed by atoms with Crippen LogP contribution in [-0.4, -0.2) is 78.4 Å². The van der Waals surface area contributed by atoms with Gasteiger partial charge in [-0.05, 0) is 37.8 Å². The average molecular weight is 668 g/mol. The topological polar surface area (TPSA) is 206 Å². The van der Waals surface area contributed by atoms with Crippen LogP contribution in [0.25, 0.3) is 22.6 Å². The van der Waals surface area contributed by atoms with E-state index in [1.165, 1.54) is 0 Å². The number of nitrogens with zero attached hydrogens (tertiary/aromatic N) is 4. The Bertz CT molecular complexity index is 1690. The number of rotatable bonds is 17. The van der Waals surface area contributed by atoms with Gasteiger partial charge in [0, 0.05) is 68.2 Å². The van der Waals surface area contributed by atoms with E-state index in [1.807, 2.05) is 29.1 Å². The first kappa shape index (κ1) is 34.0. The zero-order chi connectivity index (χ0) is 32.6. The van der Waals surface area contributed by atoms with E-state index in [9.17, 15) is 31.2 Å². The Morgan fingerprint density at radius 1 is 0.911 bits per heavy atom. The molecule has 0 saturated carbocycles. The van der Waals surface area contributed by atoms with Crippen molar-refractivity contribution in [2.45, 2.75) is 57.9 Å². The first-order chi connectivity index (χ1) is 21.3. The lowest BCUT2D eigenvalue weighted by atomic mass is 10.2. The number of amides is 2. The first-order valence-electron chi connectivity index (χ1n) is 14.4. The molecule has 1 fully saturated rings. The number of carbonyl (C=O) groups excluding carboxylic acids is 3. The fraction of sp³-hybridized carbons (Fsp3) is 0.464. The third-order valence-corrected chi connectivity index (χ3v) is 8.64. The molecule has 45 heavy (non-hydrogen) atoms. The maximum absolute atomic E-state index is 11.9. The maximum atomic E-state index is 11.9. The van der Waals surface area contributed by atoms with Crippen molar-refractivity contribution in [1.29, 1.82) is 0 Å². The predicted octanol–water partition coefficient (Wildman–Crippen LogP) is 2.31. The lowest BCUT2D eigenvalue weighted by Crippen LogP contribution is -2.32. The first-order valence-corrected chi connectivity index (χ1v) is 17.6. The van der Waals surface area contributed by atoms with Crippen LogP contribution in [0.4, 0.5) is 5.69 Å². The molecule has 244 valence electrons. The summed E-state index contributed by atoms with van der Waals surface area (Å²) in [5.74, 6) is -2.13. The largest absolute Gasteiger partial charge is 0.436 e. The Morgan fingerprint density at radius 3 is 2.13 bits per heavy atom. The summed E-state index contributed by atoms with van der Waals surface area (Å²) >= 11 is 0. The molecule has 0 unspecified atom stereocenters. The van der Waals surface area contributed by atoms with Gasteiger partial charge in [0.15, 0.2) is 18.0 Å². The summed E-state index contributed by atoms with van der Waals surface area (Å²) in [4.78, 5) is 46.1. The Hall–Kier alpha value is -3.93. The second-order valence-corrected chi connectivity index (χ2v) is 13.8. The molecule has 3 aromatic rings. The summed E-state index contributed by atoms with van der Waals surface area (Å²) in [6.07, 6.45) is 6.25. The number of fused-ring (bicyclic) bond motifs is 1. The zero-order valence-electron chi connectivity index (χ0n) is 24.4. The van der Waals surface area contributed by atoms with Crippen LogP contribution in [0, 0.1) is 0 Å². The molecule has 1 saturated heterocycles. The number of pyridine rings is 1. The third kappa shape index (κ3) is 10.6. The number of anilines is 1. The highest BCUT2D eigenvalue weighted by Gasteiger charge is 2.32. The number of imide groups is 1. The maximum Gasteiger partial charge on any atom is 0.333 e. The van der Waals surface area contributed by atoms with Gasteiger partial charge in [-0.3, -0.25) is 18.7 Å². The lowest BCUT2D eigenvalue weighted by molar-refractivity contribution is -0.697. The van der Waals surface area contributed by atoms with Crippen LogP contribution in [0.5, 0.6) is 0 Å². The molecule has 0 atom stereocenters. The standard InChI is InChI=1S/C28H34N4O11S2/c33-25-9-10-26(34)32(25)43-27(35)6-2-1-3-13-30-16-11-21(12-17-30)28-29-23-8-7-22(20-24(23)42-28)31(14-4-18-44(36,37)38)15-5-19-45(39,40)41/h7-8,11-12,16-17,20H,1-6,9-10,13-15,18-19H2,(H-,36,37,38,39,40,41)/p+1. The molecule has 2 N–H and O–H groups in total. The minimum Gasteiger partial charge on any atom is -0.436 e. The second kappa shape index (κ2) is 14.9. The van der Waals surface area contributed by atoms with Crippen molar-refractivity contribution in [3.05, 3.63) is 42.7 Å². The van der Waals surface area contributed by atoms with Gasteiger partial charge in [0.25, 0.3) is 32.1 Å². The van der Waals surface area contributed by atoms with Gasteiger partial charge in [0.1, 0.15) is 12.1 Å². The summed E-state index contributed by atoms with van der Waals surface area (Å²) in [5, 5.41) is 0.554. The number of hydrogen-bond donors (Lipinski definition) is 2. The highest BCUT2D eigenvalue weighted by molar-refractivity contribution is 7.86. The molecule has 1 aliphatic rings. The van der Waals surface area contributed by atoms with E-state index < -0.39 is 49.5 Å². The summed E-state index contributed by atoms with van der Waals surface area (Å²) in [6, 6.07) is 8.90. The summed E-state index contributed by atoms with van der Waals surface area (Å²) in [5.41, 5.74) is 2.41. The number of hydroxylamine groups is 2. The molecule has 15 nitrogen and oxygen atoms in total. The number of carbonyl (C=O) groups is 3. The Morgan fingerprint density at radius 2 is 1.53 bits per heavy atom. The fourth-order valence-electron chi connectivity index (χ4n) is 4.77. The molecular weight excluding hydrogens is 632 g/mol. The number of aryl methyl sites for hydroxylation is 1. The van der Waals surface area contributed by atoms with Gasteiger partial charge in [0.05, 0.1) is 11.5 Å². The van der Waals surface area contributed by atoms with E-state index in [2.05, 4.69) is 4.98 Å². The highest BCUT2D eigenvalue weighted by atomic mass is 32.2. The number of aromatic nitrogens is 2. The smallest absolute Gasteiger partial charge is 0.333 e. The molecule has 17 heteroatoms.